The number of hydrogen-bond acceptors (Lipinski definition) is 5. The van der Waals surface area contributed by atoms with Crippen LogP contribution in [0.4, 0.5) is 0 Å². The molecule has 3 rings (SSSR count). The Bertz CT molecular complexity index is 876. The minimum atomic E-state index is -3.92. The van der Waals surface area contributed by atoms with E-state index in [1.165, 1.54) is 30.6 Å². The van der Waals surface area contributed by atoms with E-state index >= 15 is 0 Å². The normalized spacial score (nSPS) is 18.2. The van der Waals surface area contributed by atoms with E-state index in [9.17, 15) is 18.3 Å². The molecule has 6 nitrogen and oxygen atoms in total. The first-order valence-corrected chi connectivity index (χ1v) is 10.3. The molecule has 128 valence electrons. The van der Waals surface area contributed by atoms with Crippen molar-refractivity contribution < 1.29 is 23.1 Å². The Labute approximate surface area is 157 Å². The van der Waals surface area contributed by atoms with Crippen LogP contribution < -0.4 is 4.74 Å². The summed E-state index contributed by atoms with van der Waals surface area (Å²) in [7, 11) is -2.42. The quantitative estimate of drug-likeness (QED) is 0.682. The summed E-state index contributed by atoms with van der Waals surface area (Å²) in [6, 6.07) is 6.77. The molecule has 0 bridgehead atoms. The molecule has 1 aromatic heterocycles. The third kappa shape index (κ3) is 3.17. The number of carboxylic acids is 1. The number of rotatable bonds is 4. The molecule has 1 aliphatic rings. The van der Waals surface area contributed by atoms with Gasteiger partial charge in [-0.2, -0.15) is 4.31 Å². The van der Waals surface area contributed by atoms with Crippen LogP contribution in [0.1, 0.15) is 10.4 Å². The molecule has 0 amide bonds. The Balaban J connectivity index is 2.02. The van der Waals surface area contributed by atoms with Crippen molar-refractivity contribution in [2.75, 3.05) is 7.11 Å². The molecule has 2 aromatic rings. The molecule has 0 saturated carbocycles. The lowest BCUT2D eigenvalue weighted by Gasteiger charge is -2.31. The van der Waals surface area contributed by atoms with Crippen LogP contribution in [0.15, 0.2) is 35.2 Å². The number of methoxy groups -OCH3 is 1. The monoisotopic (exact) mass is 479 g/mol. The highest BCUT2D eigenvalue weighted by molar-refractivity contribution is 14.1. The zero-order valence-electron chi connectivity index (χ0n) is 12.6. The highest BCUT2D eigenvalue weighted by Gasteiger charge is 2.40. The zero-order valence-corrected chi connectivity index (χ0v) is 16.4. The number of hydrogen-bond donors (Lipinski definition) is 1. The number of carbonyl (C=O) groups is 1. The van der Waals surface area contributed by atoms with Gasteiger partial charge in [-0.15, -0.1) is 11.3 Å². The van der Waals surface area contributed by atoms with Gasteiger partial charge < -0.3 is 9.84 Å². The SMILES string of the molecule is COc1ccc(S(=O)(=O)N2Cc3cc(I)sc3CC2C(=O)O)cc1. The topological polar surface area (TPSA) is 83.9 Å². The summed E-state index contributed by atoms with van der Waals surface area (Å²) in [6.45, 7) is 0.0696. The van der Waals surface area contributed by atoms with Gasteiger partial charge in [-0.3, -0.25) is 4.79 Å². The predicted molar refractivity (Wildman–Crippen MR) is 97.9 cm³/mol. The molecule has 1 N–H and O–H groups in total. The van der Waals surface area contributed by atoms with Crippen molar-refractivity contribution in [3.8, 4) is 5.75 Å². The second-order valence-electron chi connectivity index (χ2n) is 5.28. The number of halogens is 1. The molecule has 1 aromatic carbocycles. The standard InChI is InChI=1S/C15H14INO5S2/c1-22-10-2-4-11(5-3-10)24(20,21)17-8-9-6-14(16)23-13(9)7-12(17)15(18)19/h2-6,12H,7-8H2,1H3,(H,18,19). The van der Waals surface area contributed by atoms with Crippen LogP contribution >= 0.6 is 33.9 Å². The van der Waals surface area contributed by atoms with Gasteiger partial charge in [0.15, 0.2) is 0 Å². The fourth-order valence-corrected chi connectivity index (χ4v) is 6.30. The molecule has 0 aliphatic carbocycles. The molecule has 1 atom stereocenters. The molecule has 9 heteroatoms. The molecule has 24 heavy (non-hydrogen) atoms. The number of ether oxygens (including phenoxy) is 1. The first-order valence-electron chi connectivity index (χ1n) is 6.98. The number of sulfonamides is 1. The van der Waals surface area contributed by atoms with Crippen LogP contribution in [0.25, 0.3) is 0 Å². The minimum absolute atomic E-state index is 0.0583. The third-order valence-electron chi connectivity index (χ3n) is 3.87. The number of nitrogens with zero attached hydrogens (tertiary/aromatic N) is 1. The van der Waals surface area contributed by atoms with E-state index in [0.717, 1.165) is 17.6 Å². The first kappa shape index (κ1) is 17.6. The van der Waals surface area contributed by atoms with E-state index in [1.807, 2.05) is 6.07 Å². The first-order chi connectivity index (χ1) is 11.3. The molecule has 0 fully saturated rings. The van der Waals surface area contributed by atoms with Gasteiger partial charge in [0, 0.05) is 17.8 Å². The summed E-state index contributed by atoms with van der Waals surface area (Å²) in [5.41, 5.74) is 0.874. The number of carboxylic acid groups (broad SMARTS) is 1. The van der Waals surface area contributed by atoms with E-state index in [-0.39, 0.29) is 17.9 Å². The Morgan fingerprint density at radius 3 is 2.62 bits per heavy atom. The average Bonchev–Trinajstić information content (AvgIpc) is 2.92. The van der Waals surface area contributed by atoms with Gasteiger partial charge in [-0.1, -0.05) is 0 Å². The van der Waals surface area contributed by atoms with Crippen LogP contribution in [0, 0.1) is 2.88 Å². The van der Waals surface area contributed by atoms with Crippen LogP contribution in [0.5, 0.6) is 5.75 Å². The van der Waals surface area contributed by atoms with Gasteiger partial charge in [0.05, 0.1) is 14.9 Å². The molecular formula is C15H14INO5S2. The van der Waals surface area contributed by atoms with Crippen molar-refractivity contribution >= 4 is 49.9 Å². The lowest BCUT2D eigenvalue weighted by atomic mass is 10.1. The molecule has 0 radical (unpaired) electrons. The number of benzene rings is 1. The summed E-state index contributed by atoms with van der Waals surface area (Å²) >= 11 is 3.67. The largest absolute Gasteiger partial charge is 0.497 e. The molecular weight excluding hydrogens is 465 g/mol. The van der Waals surface area contributed by atoms with Crippen molar-refractivity contribution in [1.82, 2.24) is 4.31 Å². The summed E-state index contributed by atoms with van der Waals surface area (Å²) < 4.78 is 33.0. The van der Waals surface area contributed by atoms with Crippen molar-refractivity contribution in [2.45, 2.75) is 23.9 Å². The van der Waals surface area contributed by atoms with Crippen LogP contribution in [-0.2, 0) is 27.8 Å². The molecule has 1 aliphatic heterocycles. The van der Waals surface area contributed by atoms with Crippen LogP contribution in [-0.4, -0.2) is 37.0 Å². The van der Waals surface area contributed by atoms with Crippen molar-refractivity contribution in [3.05, 3.63) is 43.7 Å². The van der Waals surface area contributed by atoms with Gasteiger partial charge in [-0.25, -0.2) is 8.42 Å². The maximum absolute atomic E-state index is 12.9. The van der Waals surface area contributed by atoms with Crippen molar-refractivity contribution in [3.63, 3.8) is 0 Å². The van der Waals surface area contributed by atoms with Crippen molar-refractivity contribution in [1.29, 1.82) is 0 Å². The number of aliphatic carboxylic acids is 1. The Kier molecular flexibility index (Phi) is 4.87. The van der Waals surface area contributed by atoms with Gasteiger partial charge in [0.2, 0.25) is 10.0 Å². The second-order valence-corrected chi connectivity index (χ2v) is 10.2. The number of fused-ring (bicyclic) bond motifs is 1. The second kappa shape index (κ2) is 6.62. The molecule has 0 spiro atoms. The fourth-order valence-electron chi connectivity index (χ4n) is 2.64. The summed E-state index contributed by atoms with van der Waals surface area (Å²) in [4.78, 5) is 12.6. The van der Waals surface area contributed by atoms with Gasteiger partial charge >= 0.3 is 5.97 Å². The maximum Gasteiger partial charge on any atom is 0.322 e. The van der Waals surface area contributed by atoms with Crippen LogP contribution in [0.2, 0.25) is 0 Å². The van der Waals surface area contributed by atoms with E-state index in [2.05, 4.69) is 22.6 Å². The van der Waals surface area contributed by atoms with Gasteiger partial charge in [-0.05, 0) is 58.5 Å². The smallest absolute Gasteiger partial charge is 0.322 e. The zero-order chi connectivity index (χ0) is 17.5. The van der Waals surface area contributed by atoms with E-state index in [4.69, 9.17) is 4.74 Å². The fraction of sp³-hybridized carbons (Fsp3) is 0.267. The number of thiophene rings is 1. The van der Waals surface area contributed by atoms with Crippen molar-refractivity contribution in [2.24, 2.45) is 0 Å². The maximum atomic E-state index is 12.9. The minimum Gasteiger partial charge on any atom is -0.497 e. The lowest BCUT2D eigenvalue weighted by Crippen LogP contribution is -2.48. The van der Waals surface area contributed by atoms with E-state index in [1.54, 1.807) is 12.1 Å². The molecule has 2 heterocycles. The highest BCUT2D eigenvalue weighted by atomic mass is 127. The summed E-state index contributed by atoms with van der Waals surface area (Å²) in [6.07, 6.45) is 0.188. The van der Waals surface area contributed by atoms with Crippen LogP contribution in [0.3, 0.4) is 0 Å². The Hall–Kier alpha value is -1.17. The Morgan fingerprint density at radius 2 is 2.04 bits per heavy atom. The predicted octanol–water partition coefficient (Wildman–Crippen LogP) is 2.56. The average molecular weight is 479 g/mol. The van der Waals surface area contributed by atoms with E-state index in [0.29, 0.717) is 5.75 Å². The Morgan fingerprint density at radius 1 is 1.38 bits per heavy atom. The molecule has 1 unspecified atom stereocenters. The van der Waals surface area contributed by atoms with E-state index < -0.39 is 22.0 Å². The van der Waals surface area contributed by atoms with Gasteiger partial charge in [0.25, 0.3) is 0 Å². The lowest BCUT2D eigenvalue weighted by molar-refractivity contribution is -0.141. The van der Waals surface area contributed by atoms with Gasteiger partial charge in [0.1, 0.15) is 11.8 Å². The highest BCUT2D eigenvalue weighted by Crippen LogP contribution is 2.34. The summed E-state index contributed by atoms with van der Waals surface area (Å²) in [5.74, 6) is -0.599. The summed E-state index contributed by atoms with van der Waals surface area (Å²) in [5, 5.41) is 9.51. The molecule has 0 saturated heterocycles. The third-order valence-corrected chi connectivity index (χ3v) is 7.70.